The summed E-state index contributed by atoms with van der Waals surface area (Å²) in [6, 6.07) is 4.68. The van der Waals surface area contributed by atoms with Gasteiger partial charge >= 0.3 is 0 Å². The summed E-state index contributed by atoms with van der Waals surface area (Å²) >= 11 is 11.9. The van der Waals surface area contributed by atoms with E-state index in [1.165, 1.54) is 12.1 Å². The predicted octanol–water partition coefficient (Wildman–Crippen LogP) is 2.98. The Balaban J connectivity index is 1.89. The van der Waals surface area contributed by atoms with Gasteiger partial charge in [-0.1, -0.05) is 11.6 Å². The Morgan fingerprint density at radius 2 is 2.05 bits per heavy atom. The second-order valence-electron chi connectivity index (χ2n) is 4.96. The van der Waals surface area contributed by atoms with Crippen molar-refractivity contribution in [3.63, 3.8) is 0 Å². The van der Waals surface area contributed by atoms with Crippen LogP contribution in [0.2, 0.25) is 5.28 Å². The van der Waals surface area contributed by atoms with Crippen molar-refractivity contribution in [2.45, 2.75) is 24.6 Å². The Labute approximate surface area is 125 Å². The molecule has 0 aliphatic carbocycles. The zero-order valence-corrected chi connectivity index (χ0v) is 12.1. The molecule has 3 rings (SSSR count). The van der Waals surface area contributed by atoms with E-state index in [0.29, 0.717) is 23.9 Å². The van der Waals surface area contributed by atoms with E-state index in [1.807, 2.05) is 4.57 Å². The zero-order valence-electron chi connectivity index (χ0n) is 10.6. The highest BCUT2D eigenvalue weighted by Gasteiger charge is 2.26. The van der Waals surface area contributed by atoms with Crippen LogP contribution in [-0.4, -0.2) is 38.3 Å². The lowest BCUT2D eigenvalue weighted by molar-refractivity contribution is 0.0429. The molecule has 0 spiro atoms. The van der Waals surface area contributed by atoms with Gasteiger partial charge in [0.05, 0.1) is 11.0 Å². The van der Waals surface area contributed by atoms with Crippen molar-refractivity contribution in [2.24, 2.45) is 0 Å². The number of piperidine rings is 1. The number of benzene rings is 1. The van der Waals surface area contributed by atoms with Gasteiger partial charge in [-0.05, 0) is 36.6 Å². The first kappa shape index (κ1) is 14.1. The molecule has 1 aliphatic heterocycles. The molecule has 1 aliphatic rings. The molecule has 1 saturated heterocycles. The minimum Gasteiger partial charge on any atom is -0.365 e. The third-order valence-corrected chi connectivity index (χ3v) is 4.32. The molecule has 1 atom stereocenters. The van der Waals surface area contributed by atoms with Crippen LogP contribution in [0.1, 0.15) is 18.9 Å². The summed E-state index contributed by atoms with van der Waals surface area (Å²) < 4.78 is 15.2. The van der Waals surface area contributed by atoms with E-state index in [1.54, 1.807) is 11.0 Å². The van der Waals surface area contributed by atoms with E-state index in [2.05, 4.69) is 4.98 Å². The minimum atomic E-state index is -0.944. The lowest BCUT2D eigenvalue weighted by Crippen LogP contribution is -2.39. The van der Waals surface area contributed by atoms with Crippen molar-refractivity contribution in [3.8, 4) is 0 Å². The number of alkyl halides is 1. The maximum atomic E-state index is 13.2. The van der Waals surface area contributed by atoms with Gasteiger partial charge in [0, 0.05) is 25.2 Å². The number of aliphatic hydroxyl groups is 1. The normalized spacial score (nSPS) is 19.6. The Hall–Kier alpha value is -0.880. The summed E-state index contributed by atoms with van der Waals surface area (Å²) in [5.74, 6) is -0.320. The van der Waals surface area contributed by atoms with Crippen molar-refractivity contribution >= 4 is 34.2 Å². The molecular weight excluding hydrogens is 304 g/mol. The summed E-state index contributed by atoms with van der Waals surface area (Å²) in [5.41, 5.74) is 0.455. The molecule has 0 radical (unpaired) electrons. The fourth-order valence-electron chi connectivity index (χ4n) is 2.75. The minimum absolute atomic E-state index is 0.185. The number of hydrogen-bond acceptors (Lipinski definition) is 3. The number of aromatic nitrogens is 2. The van der Waals surface area contributed by atoms with Crippen LogP contribution >= 0.6 is 23.2 Å². The Morgan fingerprint density at radius 3 is 2.70 bits per heavy atom. The standard InChI is InChI=1S/C13H14Cl2FN3O/c14-12-17-10-7-8(16)1-2-11(10)19(12)9-3-5-18(6-4-9)13(15)20/h1-2,7,9,13,20H,3-6H2. The van der Waals surface area contributed by atoms with E-state index < -0.39 is 5.69 Å². The number of aliphatic hydroxyl groups excluding tert-OH is 1. The van der Waals surface area contributed by atoms with Crippen LogP contribution in [-0.2, 0) is 0 Å². The van der Waals surface area contributed by atoms with Gasteiger partial charge in [0.25, 0.3) is 0 Å². The topological polar surface area (TPSA) is 41.3 Å². The number of nitrogens with zero attached hydrogens (tertiary/aromatic N) is 3. The number of likely N-dealkylation sites (tertiary alicyclic amines) is 1. The van der Waals surface area contributed by atoms with Gasteiger partial charge in [-0.15, -0.1) is 0 Å². The van der Waals surface area contributed by atoms with E-state index in [9.17, 15) is 9.50 Å². The van der Waals surface area contributed by atoms with Crippen LogP contribution in [0.5, 0.6) is 0 Å². The highest BCUT2D eigenvalue weighted by molar-refractivity contribution is 6.29. The Bertz CT molecular complexity index is 623. The van der Waals surface area contributed by atoms with E-state index in [-0.39, 0.29) is 11.9 Å². The molecule has 0 amide bonds. The summed E-state index contributed by atoms with van der Waals surface area (Å²) in [7, 11) is 0. The first-order chi connectivity index (χ1) is 9.56. The van der Waals surface area contributed by atoms with Gasteiger partial charge in [-0.25, -0.2) is 9.37 Å². The number of hydrogen-bond donors (Lipinski definition) is 1. The third kappa shape index (κ3) is 2.51. The molecular formula is C13H14Cl2FN3O. The van der Waals surface area contributed by atoms with Crippen LogP contribution in [0.25, 0.3) is 11.0 Å². The molecule has 7 heteroatoms. The van der Waals surface area contributed by atoms with Crippen molar-refractivity contribution in [2.75, 3.05) is 13.1 Å². The Morgan fingerprint density at radius 1 is 1.35 bits per heavy atom. The lowest BCUT2D eigenvalue weighted by atomic mass is 10.1. The molecule has 1 fully saturated rings. The average molecular weight is 318 g/mol. The first-order valence-corrected chi connectivity index (χ1v) is 7.27. The summed E-state index contributed by atoms with van der Waals surface area (Å²) in [6.07, 6.45) is 1.62. The van der Waals surface area contributed by atoms with Crippen LogP contribution in [0.15, 0.2) is 18.2 Å². The molecule has 2 aromatic rings. The summed E-state index contributed by atoms with van der Waals surface area (Å²) in [4.78, 5) is 6.00. The average Bonchev–Trinajstić information content (AvgIpc) is 2.73. The Kier molecular flexibility index (Phi) is 3.86. The van der Waals surface area contributed by atoms with Crippen molar-refractivity contribution in [1.82, 2.24) is 14.5 Å². The van der Waals surface area contributed by atoms with E-state index in [0.717, 1.165) is 18.4 Å². The van der Waals surface area contributed by atoms with Crippen LogP contribution in [0.3, 0.4) is 0 Å². The fraction of sp³-hybridized carbons (Fsp3) is 0.462. The molecule has 0 bridgehead atoms. The monoisotopic (exact) mass is 317 g/mol. The number of imidazole rings is 1. The largest absolute Gasteiger partial charge is 0.365 e. The smallest absolute Gasteiger partial charge is 0.204 e. The number of fused-ring (bicyclic) bond motifs is 1. The van der Waals surface area contributed by atoms with Gasteiger partial charge in [0.1, 0.15) is 5.82 Å². The van der Waals surface area contributed by atoms with E-state index >= 15 is 0 Å². The molecule has 2 heterocycles. The molecule has 1 aromatic heterocycles. The molecule has 1 aromatic carbocycles. The molecule has 20 heavy (non-hydrogen) atoms. The third-order valence-electron chi connectivity index (χ3n) is 3.77. The van der Waals surface area contributed by atoms with Crippen molar-refractivity contribution in [3.05, 3.63) is 29.3 Å². The van der Waals surface area contributed by atoms with Gasteiger partial charge in [-0.3, -0.25) is 4.90 Å². The van der Waals surface area contributed by atoms with Gasteiger partial charge in [0.15, 0.2) is 5.69 Å². The second-order valence-corrected chi connectivity index (χ2v) is 5.69. The summed E-state index contributed by atoms with van der Waals surface area (Å²) in [5, 5.41) is 9.73. The predicted molar refractivity (Wildman–Crippen MR) is 76.4 cm³/mol. The molecule has 1 N–H and O–H groups in total. The molecule has 1 unspecified atom stereocenters. The van der Waals surface area contributed by atoms with Crippen molar-refractivity contribution < 1.29 is 9.50 Å². The van der Waals surface area contributed by atoms with Crippen LogP contribution in [0, 0.1) is 5.82 Å². The maximum Gasteiger partial charge on any atom is 0.204 e. The number of halogens is 3. The van der Waals surface area contributed by atoms with Gasteiger partial charge in [0.2, 0.25) is 5.28 Å². The maximum absolute atomic E-state index is 13.2. The summed E-state index contributed by atoms with van der Waals surface area (Å²) in [6.45, 7) is 1.37. The van der Waals surface area contributed by atoms with Gasteiger partial charge < -0.3 is 9.67 Å². The molecule has 108 valence electrons. The first-order valence-electron chi connectivity index (χ1n) is 6.45. The zero-order chi connectivity index (χ0) is 14.3. The van der Waals surface area contributed by atoms with E-state index in [4.69, 9.17) is 23.2 Å². The second kappa shape index (κ2) is 5.48. The fourth-order valence-corrected chi connectivity index (χ4v) is 3.26. The van der Waals surface area contributed by atoms with Crippen LogP contribution < -0.4 is 0 Å². The van der Waals surface area contributed by atoms with Gasteiger partial charge in [-0.2, -0.15) is 0 Å². The SMILES string of the molecule is OC(Cl)N1CCC(n2c(Cl)nc3cc(F)ccc32)CC1. The number of rotatable bonds is 2. The molecule has 4 nitrogen and oxygen atoms in total. The highest BCUT2D eigenvalue weighted by atomic mass is 35.5. The molecule has 0 saturated carbocycles. The van der Waals surface area contributed by atoms with Crippen molar-refractivity contribution in [1.29, 1.82) is 0 Å². The highest BCUT2D eigenvalue weighted by Crippen LogP contribution is 2.31. The van der Waals surface area contributed by atoms with Crippen LogP contribution in [0.4, 0.5) is 4.39 Å². The lowest BCUT2D eigenvalue weighted by Gasteiger charge is -2.33. The quantitative estimate of drug-likeness (QED) is 0.684.